The number of benzene rings is 1. The zero-order valence-corrected chi connectivity index (χ0v) is 11.1. The molecule has 1 aliphatic heterocycles. The van der Waals surface area contributed by atoms with Crippen molar-refractivity contribution < 1.29 is 14.6 Å². The van der Waals surface area contributed by atoms with E-state index >= 15 is 0 Å². The Labute approximate surface area is 113 Å². The molecule has 0 spiro atoms. The van der Waals surface area contributed by atoms with Crippen molar-refractivity contribution in [3.63, 3.8) is 0 Å². The number of nitrogens with one attached hydrogen (secondary N) is 1. The zero-order valence-electron chi connectivity index (χ0n) is 11.1. The fourth-order valence-corrected chi connectivity index (χ4v) is 2.03. The summed E-state index contributed by atoms with van der Waals surface area (Å²) in [7, 11) is 0. The Balaban J connectivity index is 1.93. The molecule has 2 rings (SSSR count). The fraction of sp³-hybridized carbons (Fsp3) is 0.467. The van der Waals surface area contributed by atoms with E-state index in [1.807, 2.05) is 12.1 Å². The molecule has 102 valence electrons. The molecule has 19 heavy (non-hydrogen) atoms. The first kappa shape index (κ1) is 13.7. The van der Waals surface area contributed by atoms with E-state index in [4.69, 9.17) is 15.9 Å². The van der Waals surface area contributed by atoms with Crippen molar-refractivity contribution in [1.29, 1.82) is 0 Å². The van der Waals surface area contributed by atoms with E-state index in [1.54, 1.807) is 6.07 Å². The van der Waals surface area contributed by atoms with Crippen LogP contribution in [0.5, 0.6) is 11.5 Å². The number of hydrogen-bond donors (Lipinski definition) is 2. The summed E-state index contributed by atoms with van der Waals surface area (Å²) in [6.07, 6.45) is 6.74. The van der Waals surface area contributed by atoms with E-state index in [1.165, 1.54) is 0 Å². The van der Waals surface area contributed by atoms with Gasteiger partial charge in [0, 0.05) is 6.54 Å². The van der Waals surface area contributed by atoms with Crippen molar-refractivity contribution in [3.05, 3.63) is 23.8 Å². The maximum atomic E-state index is 10.1. The van der Waals surface area contributed by atoms with Crippen LogP contribution < -0.4 is 14.8 Å². The van der Waals surface area contributed by atoms with Crippen molar-refractivity contribution in [3.8, 4) is 23.8 Å². The fourth-order valence-electron chi connectivity index (χ4n) is 2.03. The molecule has 1 aromatic carbocycles. The van der Waals surface area contributed by atoms with Crippen LogP contribution in [0.4, 0.5) is 0 Å². The van der Waals surface area contributed by atoms with Crippen molar-refractivity contribution in [2.45, 2.75) is 31.9 Å². The van der Waals surface area contributed by atoms with Crippen LogP contribution in [0, 0.1) is 12.3 Å². The molecule has 2 atom stereocenters. The highest BCUT2D eigenvalue weighted by Crippen LogP contribution is 2.34. The third-order valence-corrected chi connectivity index (χ3v) is 3.12. The van der Waals surface area contributed by atoms with Crippen molar-refractivity contribution >= 4 is 0 Å². The van der Waals surface area contributed by atoms with Gasteiger partial charge in [-0.25, -0.2) is 0 Å². The number of rotatable bonds is 6. The lowest BCUT2D eigenvalue weighted by molar-refractivity contribution is 0.169. The second-order valence-electron chi connectivity index (χ2n) is 4.54. The molecule has 1 aliphatic rings. The molecule has 0 bridgehead atoms. The quantitative estimate of drug-likeness (QED) is 0.767. The van der Waals surface area contributed by atoms with Gasteiger partial charge in [0.2, 0.25) is 6.79 Å². The van der Waals surface area contributed by atoms with Crippen molar-refractivity contribution in [2.75, 3.05) is 13.3 Å². The highest BCUT2D eigenvalue weighted by atomic mass is 16.7. The molecule has 0 aliphatic carbocycles. The molecule has 0 aromatic heterocycles. The minimum absolute atomic E-state index is 0.00802. The van der Waals surface area contributed by atoms with Gasteiger partial charge in [-0.3, -0.25) is 0 Å². The smallest absolute Gasteiger partial charge is 0.231 e. The van der Waals surface area contributed by atoms with Crippen LogP contribution in [0.3, 0.4) is 0 Å². The van der Waals surface area contributed by atoms with Gasteiger partial charge in [0.1, 0.15) is 0 Å². The first-order valence-corrected chi connectivity index (χ1v) is 6.51. The molecule has 4 heteroatoms. The van der Waals surface area contributed by atoms with Crippen LogP contribution in [0.1, 0.15) is 31.4 Å². The Bertz CT molecular complexity index is 467. The minimum atomic E-state index is -0.609. The van der Waals surface area contributed by atoms with Gasteiger partial charge in [-0.15, -0.1) is 6.42 Å². The van der Waals surface area contributed by atoms with E-state index in [-0.39, 0.29) is 12.8 Å². The number of ether oxygens (including phenoxy) is 2. The summed E-state index contributed by atoms with van der Waals surface area (Å²) in [6, 6.07) is 5.46. The first-order valence-electron chi connectivity index (χ1n) is 6.51. The molecule has 4 nitrogen and oxygen atoms in total. The molecular formula is C15H19NO3. The Morgan fingerprint density at radius 3 is 2.95 bits per heavy atom. The second kappa shape index (κ2) is 6.46. The molecule has 1 aromatic rings. The van der Waals surface area contributed by atoms with E-state index in [2.05, 4.69) is 18.2 Å². The molecular weight excluding hydrogens is 242 g/mol. The lowest BCUT2D eigenvalue weighted by Gasteiger charge is -2.16. The number of fused-ring (bicyclic) bond motifs is 1. The Kier molecular flexibility index (Phi) is 4.67. The van der Waals surface area contributed by atoms with Gasteiger partial charge in [-0.05, 0) is 24.1 Å². The molecule has 2 N–H and O–H groups in total. The minimum Gasteiger partial charge on any atom is -0.454 e. The lowest BCUT2D eigenvalue weighted by atomic mass is 10.1. The number of hydrogen-bond acceptors (Lipinski definition) is 4. The number of terminal acetylenes is 1. The third kappa shape index (κ3) is 3.40. The SMILES string of the molecule is C#CC(CCC)NCC(O)c1ccc2c(c1)OCO2. The van der Waals surface area contributed by atoms with E-state index < -0.39 is 6.10 Å². The summed E-state index contributed by atoms with van der Waals surface area (Å²) in [4.78, 5) is 0. The highest BCUT2D eigenvalue weighted by Gasteiger charge is 2.17. The van der Waals surface area contributed by atoms with Gasteiger partial charge >= 0.3 is 0 Å². The lowest BCUT2D eigenvalue weighted by Crippen LogP contribution is -2.31. The molecule has 0 fully saturated rings. The maximum Gasteiger partial charge on any atom is 0.231 e. The second-order valence-corrected chi connectivity index (χ2v) is 4.54. The van der Waals surface area contributed by atoms with Crippen LogP contribution in [-0.4, -0.2) is 24.5 Å². The summed E-state index contributed by atoms with van der Waals surface area (Å²) < 4.78 is 10.5. The molecule has 2 unspecified atom stereocenters. The Morgan fingerprint density at radius 2 is 2.21 bits per heavy atom. The summed E-state index contributed by atoms with van der Waals surface area (Å²) in [5, 5.41) is 13.3. The van der Waals surface area contributed by atoms with E-state index in [9.17, 15) is 5.11 Å². The highest BCUT2D eigenvalue weighted by molar-refractivity contribution is 5.45. The van der Waals surface area contributed by atoms with Gasteiger partial charge in [-0.2, -0.15) is 0 Å². The van der Waals surface area contributed by atoms with Gasteiger partial charge in [-0.1, -0.05) is 25.3 Å². The Morgan fingerprint density at radius 1 is 1.42 bits per heavy atom. The van der Waals surface area contributed by atoms with Gasteiger partial charge in [0.05, 0.1) is 12.1 Å². The molecule has 0 amide bonds. The van der Waals surface area contributed by atoms with Gasteiger partial charge < -0.3 is 19.9 Å². The van der Waals surface area contributed by atoms with Crippen molar-refractivity contribution in [1.82, 2.24) is 5.32 Å². The van der Waals surface area contributed by atoms with Crippen LogP contribution >= 0.6 is 0 Å². The van der Waals surface area contributed by atoms with E-state index in [0.717, 1.165) is 24.2 Å². The molecule has 1 heterocycles. The summed E-state index contributed by atoms with van der Waals surface area (Å²) in [5.74, 6) is 4.08. The molecule has 0 saturated heterocycles. The predicted molar refractivity (Wildman–Crippen MR) is 73.1 cm³/mol. The van der Waals surface area contributed by atoms with Gasteiger partial charge in [0.15, 0.2) is 11.5 Å². The van der Waals surface area contributed by atoms with Crippen LogP contribution in [-0.2, 0) is 0 Å². The monoisotopic (exact) mass is 261 g/mol. The summed E-state index contributed by atoms with van der Waals surface area (Å²) >= 11 is 0. The normalized spacial score (nSPS) is 15.8. The maximum absolute atomic E-state index is 10.1. The van der Waals surface area contributed by atoms with E-state index in [0.29, 0.717) is 12.3 Å². The average Bonchev–Trinajstić information content (AvgIpc) is 2.90. The predicted octanol–water partition coefficient (Wildman–Crippen LogP) is 1.84. The average molecular weight is 261 g/mol. The topological polar surface area (TPSA) is 50.7 Å². The summed E-state index contributed by atoms with van der Waals surface area (Å²) in [6.45, 7) is 2.75. The number of aliphatic hydroxyl groups excluding tert-OH is 1. The summed E-state index contributed by atoms with van der Waals surface area (Å²) in [5.41, 5.74) is 0.795. The largest absolute Gasteiger partial charge is 0.454 e. The zero-order chi connectivity index (χ0) is 13.7. The van der Waals surface area contributed by atoms with Crippen LogP contribution in [0.25, 0.3) is 0 Å². The third-order valence-electron chi connectivity index (χ3n) is 3.12. The standard InChI is InChI=1S/C15H19NO3/c1-3-5-12(4-2)16-9-13(17)11-6-7-14-15(8-11)19-10-18-14/h2,6-8,12-13,16-17H,3,5,9-10H2,1H3. The van der Waals surface area contributed by atoms with Crippen LogP contribution in [0.15, 0.2) is 18.2 Å². The molecule has 0 radical (unpaired) electrons. The van der Waals surface area contributed by atoms with Crippen LogP contribution in [0.2, 0.25) is 0 Å². The Hall–Kier alpha value is -1.70. The van der Waals surface area contributed by atoms with Gasteiger partial charge in [0.25, 0.3) is 0 Å². The number of aliphatic hydroxyl groups is 1. The van der Waals surface area contributed by atoms with Crippen molar-refractivity contribution in [2.24, 2.45) is 0 Å². The molecule has 0 saturated carbocycles. The first-order chi connectivity index (χ1) is 9.24.